The van der Waals surface area contributed by atoms with E-state index in [9.17, 15) is 13.2 Å². The van der Waals surface area contributed by atoms with E-state index in [1.54, 1.807) is 12.1 Å². The van der Waals surface area contributed by atoms with Crippen LogP contribution in [0.3, 0.4) is 0 Å². The lowest BCUT2D eigenvalue weighted by molar-refractivity contribution is -0.917. The van der Waals surface area contributed by atoms with E-state index in [4.69, 9.17) is 11.6 Å². The van der Waals surface area contributed by atoms with Gasteiger partial charge < -0.3 is 10.2 Å². The predicted octanol–water partition coefficient (Wildman–Crippen LogP) is 1.31. The second-order valence-electron chi connectivity index (χ2n) is 8.11. The van der Waals surface area contributed by atoms with Gasteiger partial charge in [0.2, 0.25) is 10.0 Å². The fourth-order valence-electron chi connectivity index (χ4n) is 4.23. The highest BCUT2D eigenvalue weighted by Crippen LogP contribution is 2.23. The lowest BCUT2D eigenvalue weighted by Gasteiger charge is -2.35. The SMILES string of the molecule is C[C@H](C(=O)N[C@H]1CCCC[C@@H]1C)[NH+]1CCN(S(=O)(=O)c2ccc(Cl)cc2)CC1. The van der Waals surface area contributed by atoms with Crippen molar-refractivity contribution in [3.63, 3.8) is 0 Å². The highest BCUT2D eigenvalue weighted by atomic mass is 35.5. The smallest absolute Gasteiger partial charge is 0.278 e. The summed E-state index contributed by atoms with van der Waals surface area (Å²) in [6.07, 6.45) is 4.66. The molecule has 2 aliphatic rings. The molecule has 28 heavy (non-hydrogen) atoms. The molecule has 3 atom stereocenters. The average Bonchev–Trinajstić information content (AvgIpc) is 2.69. The number of carbonyl (C=O) groups is 1. The molecule has 1 saturated carbocycles. The maximum Gasteiger partial charge on any atom is 0.278 e. The van der Waals surface area contributed by atoms with Crippen molar-refractivity contribution < 1.29 is 18.1 Å². The molecule has 8 heteroatoms. The summed E-state index contributed by atoms with van der Waals surface area (Å²) in [5.41, 5.74) is 0. The molecular formula is C20H31ClN3O3S+. The molecule has 3 rings (SSSR count). The molecule has 1 aliphatic carbocycles. The number of nitrogens with zero attached hydrogens (tertiary/aromatic N) is 1. The van der Waals surface area contributed by atoms with E-state index in [0.717, 1.165) is 11.3 Å². The number of benzene rings is 1. The Morgan fingerprint density at radius 1 is 1.18 bits per heavy atom. The number of halogens is 1. The second-order valence-corrected chi connectivity index (χ2v) is 10.5. The van der Waals surface area contributed by atoms with Crippen molar-refractivity contribution in [2.24, 2.45) is 5.92 Å². The van der Waals surface area contributed by atoms with E-state index in [-0.39, 0.29) is 22.9 Å². The minimum atomic E-state index is -3.52. The van der Waals surface area contributed by atoms with Gasteiger partial charge in [0.1, 0.15) is 0 Å². The van der Waals surface area contributed by atoms with Crippen LogP contribution in [0.25, 0.3) is 0 Å². The maximum absolute atomic E-state index is 12.8. The molecule has 1 aromatic rings. The van der Waals surface area contributed by atoms with E-state index < -0.39 is 10.0 Å². The van der Waals surface area contributed by atoms with Crippen molar-refractivity contribution >= 4 is 27.5 Å². The molecule has 6 nitrogen and oxygen atoms in total. The van der Waals surface area contributed by atoms with Gasteiger partial charge in [-0.2, -0.15) is 4.31 Å². The molecule has 1 aliphatic heterocycles. The Hall–Kier alpha value is -1.15. The van der Waals surface area contributed by atoms with Crippen molar-refractivity contribution in [1.29, 1.82) is 0 Å². The molecule has 1 heterocycles. The minimum absolute atomic E-state index is 0.0859. The molecule has 0 aromatic heterocycles. The number of nitrogens with one attached hydrogen (secondary N) is 2. The van der Waals surface area contributed by atoms with Gasteiger partial charge in [-0.1, -0.05) is 31.4 Å². The van der Waals surface area contributed by atoms with E-state index in [1.807, 2.05) is 6.92 Å². The summed E-state index contributed by atoms with van der Waals surface area (Å²) in [5.74, 6) is 0.615. The first-order chi connectivity index (χ1) is 13.3. The van der Waals surface area contributed by atoms with Gasteiger partial charge in [0, 0.05) is 11.1 Å². The first kappa shape index (κ1) is 21.6. The highest BCUT2D eigenvalue weighted by molar-refractivity contribution is 7.89. The van der Waals surface area contributed by atoms with Crippen molar-refractivity contribution in [2.75, 3.05) is 26.2 Å². The van der Waals surface area contributed by atoms with Gasteiger partial charge in [-0.25, -0.2) is 8.42 Å². The second kappa shape index (κ2) is 9.11. The molecule has 1 saturated heterocycles. The first-order valence-corrected chi connectivity index (χ1v) is 12.0. The number of carbonyl (C=O) groups excluding carboxylic acids is 1. The van der Waals surface area contributed by atoms with Gasteiger partial charge in [0.25, 0.3) is 5.91 Å². The summed E-state index contributed by atoms with van der Waals surface area (Å²) in [4.78, 5) is 14.1. The van der Waals surface area contributed by atoms with Gasteiger partial charge in [-0.3, -0.25) is 4.79 Å². The van der Waals surface area contributed by atoms with Gasteiger partial charge >= 0.3 is 0 Å². The molecule has 1 aromatic carbocycles. The van der Waals surface area contributed by atoms with Crippen LogP contribution in [0.15, 0.2) is 29.2 Å². The monoisotopic (exact) mass is 428 g/mol. The quantitative estimate of drug-likeness (QED) is 0.742. The van der Waals surface area contributed by atoms with E-state index in [2.05, 4.69) is 12.2 Å². The number of amides is 1. The number of piperazine rings is 1. The normalized spacial score (nSPS) is 26.0. The van der Waals surface area contributed by atoms with E-state index >= 15 is 0 Å². The fourth-order valence-corrected chi connectivity index (χ4v) is 5.79. The maximum atomic E-state index is 12.8. The number of rotatable bonds is 5. The van der Waals surface area contributed by atoms with Crippen LogP contribution in [-0.2, 0) is 14.8 Å². The average molecular weight is 429 g/mol. The Balaban J connectivity index is 1.55. The van der Waals surface area contributed by atoms with Crippen LogP contribution in [-0.4, -0.2) is 56.9 Å². The lowest BCUT2D eigenvalue weighted by Crippen LogP contribution is -3.19. The van der Waals surface area contributed by atoms with Gasteiger partial charge in [-0.15, -0.1) is 0 Å². The van der Waals surface area contributed by atoms with Crippen LogP contribution in [0, 0.1) is 5.92 Å². The first-order valence-electron chi connectivity index (χ1n) is 10.2. The number of hydrogen-bond donors (Lipinski definition) is 2. The molecule has 0 radical (unpaired) electrons. The Morgan fingerprint density at radius 3 is 2.39 bits per heavy atom. The van der Waals surface area contributed by atoms with Gasteiger partial charge in [-0.05, 0) is 49.9 Å². The predicted molar refractivity (Wildman–Crippen MR) is 110 cm³/mol. The molecule has 156 valence electrons. The van der Waals surface area contributed by atoms with Crippen molar-refractivity contribution in [3.8, 4) is 0 Å². The Morgan fingerprint density at radius 2 is 1.79 bits per heavy atom. The zero-order valence-corrected chi connectivity index (χ0v) is 18.2. The zero-order chi connectivity index (χ0) is 20.3. The van der Waals surface area contributed by atoms with Crippen molar-refractivity contribution in [3.05, 3.63) is 29.3 Å². The minimum Gasteiger partial charge on any atom is -0.348 e. The highest BCUT2D eigenvalue weighted by Gasteiger charge is 2.35. The Kier molecular flexibility index (Phi) is 7.02. The van der Waals surface area contributed by atoms with E-state index in [1.165, 1.54) is 35.7 Å². The Labute approximate surface area is 173 Å². The van der Waals surface area contributed by atoms with E-state index in [0.29, 0.717) is 37.1 Å². The van der Waals surface area contributed by atoms with Gasteiger partial charge in [0.15, 0.2) is 6.04 Å². The fraction of sp³-hybridized carbons (Fsp3) is 0.650. The summed E-state index contributed by atoms with van der Waals surface area (Å²) in [6.45, 7) is 6.24. The number of quaternary nitrogens is 1. The Bertz CT molecular complexity index is 776. The zero-order valence-electron chi connectivity index (χ0n) is 16.7. The molecule has 0 unspecified atom stereocenters. The molecule has 1 amide bonds. The topological polar surface area (TPSA) is 70.9 Å². The third kappa shape index (κ3) is 4.87. The molecule has 2 N–H and O–H groups in total. The largest absolute Gasteiger partial charge is 0.348 e. The summed E-state index contributed by atoms with van der Waals surface area (Å²) < 4.78 is 27.1. The van der Waals surface area contributed by atoms with Crippen LogP contribution in [0.2, 0.25) is 5.02 Å². The van der Waals surface area contributed by atoms with Crippen molar-refractivity contribution in [2.45, 2.75) is 56.5 Å². The molecular weight excluding hydrogens is 398 g/mol. The molecule has 0 bridgehead atoms. The van der Waals surface area contributed by atoms with Crippen LogP contribution in [0.1, 0.15) is 39.5 Å². The summed E-state index contributed by atoms with van der Waals surface area (Å²) in [5, 5.41) is 3.75. The summed E-state index contributed by atoms with van der Waals surface area (Å²) >= 11 is 5.86. The molecule has 0 spiro atoms. The van der Waals surface area contributed by atoms with Crippen LogP contribution < -0.4 is 10.2 Å². The van der Waals surface area contributed by atoms with Crippen LogP contribution in [0.4, 0.5) is 0 Å². The van der Waals surface area contributed by atoms with Crippen LogP contribution in [0.5, 0.6) is 0 Å². The number of sulfonamides is 1. The standard InChI is InChI=1S/C20H30ClN3O3S/c1-15-5-3-4-6-19(15)22-20(25)16(2)23-11-13-24(14-12-23)28(26,27)18-9-7-17(21)8-10-18/h7-10,15-16,19H,3-6,11-14H2,1-2H3,(H,22,25)/p+1/t15-,16+,19-/m0/s1. The summed E-state index contributed by atoms with van der Waals surface area (Å²) in [7, 11) is -3.52. The molecule has 2 fully saturated rings. The third-order valence-electron chi connectivity index (χ3n) is 6.26. The summed E-state index contributed by atoms with van der Waals surface area (Å²) in [6, 6.07) is 6.36. The number of hydrogen-bond acceptors (Lipinski definition) is 3. The third-order valence-corrected chi connectivity index (χ3v) is 8.43. The van der Waals surface area contributed by atoms with Crippen LogP contribution >= 0.6 is 11.6 Å². The van der Waals surface area contributed by atoms with Gasteiger partial charge in [0.05, 0.1) is 31.1 Å². The lowest BCUT2D eigenvalue weighted by atomic mass is 9.86. The van der Waals surface area contributed by atoms with Crippen molar-refractivity contribution in [1.82, 2.24) is 9.62 Å².